The molecule has 0 bridgehead atoms. The van der Waals surface area contributed by atoms with E-state index < -0.39 is 18.0 Å². The first-order chi connectivity index (χ1) is 12.8. The van der Waals surface area contributed by atoms with Gasteiger partial charge in [-0.25, -0.2) is 4.98 Å². The van der Waals surface area contributed by atoms with Crippen molar-refractivity contribution in [2.24, 2.45) is 5.92 Å². The number of carbonyl (C=O) groups is 1. The number of rotatable bonds is 3. The number of likely N-dealkylation sites (tertiary alicyclic amines) is 1. The summed E-state index contributed by atoms with van der Waals surface area (Å²) in [5, 5.41) is 3.75. The Bertz CT molecular complexity index is 996. The number of halogens is 3. The van der Waals surface area contributed by atoms with Crippen molar-refractivity contribution >= 4 is 48.9 Å². The highest BCUT2D eigenvalue weighted by Crippen LogP contribution is 2.39. The zero-order valence-corrected chi connectivity index (χ0v) is 16.1. The van der Waals surface area contributed by atoms with Gasteiger partial charge in [-0.2, -0.15) is 13.2 Å². The lowest BCUT2D eigenvalue weighted by atomic mass is 9.97. The number of fused-ring (bicyclic) bond motifs is 3. The molecule has 144 valence electrons. The Morgan fingerprint density at radius 3 is 3.04 bits per heavy atom. The molecule has 1 atom stereocenters. The number of carbonyl (C=O) groups excluding carboxylic acids is 1. The third-order valence-electron chi connectivity index (χ3n) is 4.76. The molecular formula is C18H17F3N2O2S2. The van der Waals surface area contributed by atoms with E-state index in [4.69, 9.17) is 4.74 Å². The summed E-state index contributed by atoms with van der Waals surface area (Å²) in [5.41, 5.74) is 0.922. The maximum atomic E-state index is 12.9. The van der Waals surface area contributed by atoms with E-state index >= 15 is 0 Å². The van der Waals surface area contributed by atoms with Crippen LogP contribution in [0.4, 0.5) is 13.2 Å². The number of hydrogen-bond acceptors (Lipinski definition) is 5. The number of benzene rings is 1. The van der Waals surface area contributed by atoms with E-state index in [1.807, 2.05) is 24.4 Å². The van der Waals surface area contributed by atoms with Crippen LogP contribution >= 0.6 is 22.7 Å². The highest BCUT2D eigenvalue weighted by Gasteiger charge is 2.42. The van der Waals surface area contributed by atoms with E-state index in [9.17, 15) is 18.0 Å². The summed E-state index contributed by atoms with van der Waals surface area (Å²) < 4.78 is 46.5. The molecule has 4 rings (SSSR count). The lowest BCUT2D eigenvalue weighted by Gasteiger charge is -2.33. The highest BCUT2D eigenvalue weighted by molar-refractivity contribution is 7.21. The minimum atomic E-state index is -4.27. The van der Waals surface area contributed by atoms with Gasteiger partial charge in [0.15, 0.2) is 6.61 Å². The monoisotopic (exact) mass is 414 g/mol. The molecule has 4 nitrogen and oxygen atoms in total. The van der Waals surface area contributed by atoms with Crippen LogP contribution < -0.4 is 4.74 Å². The van der Waals surface area contributed by atoms with Gasteiger partial charge in [0, 0.05) is 24.5 Å². The number of aromatic nitrogens is 1. The predicted octanol–water partition coefficient (Wildman–Crippen LogP) is 5.00. The van der Waals surface area contributed by atoms with Gasteiger partial charge in [-0.15, -0.1) is 22.7 Å². The standard InChI is InChI=1S/C18H17F3N2O2S2/c1-10-22-16-14(27-10)7-13(12-4-6-26-17(12)16)25-9-15(24)23-5-2-3-11(8-23)18(19,20)21/h4,6-7,11H,2-3,5,8-9H2,1H3. The maximum Gasteiger partial charge on any atom is 0.393 e. The number of alkyl halides is 3. The molecule has 1 fully saturated rings. The van der Waals surface area contributed by atoms with E-state index in [0.717, 1.165) is 25.3 Å². The van der Waals surface area contributed by atoms with Crippen LogP contribution in [0.5, 0.6) is 5.75 Å². The zero-order valence-electron chi connectivity index (χ0n) is 14.5. The summed E-state index contributed by atoms with van der Waals surface area (Å²) in [6.07, 6.45) is -3.83. The molecule has 0 saturated carbocycles. The Labute approximate surface area is 161 Å². The normalized spacial score (nSPS) is 18.4. The quantitative estimate of drug-likeness (QED) is 0.606. The summed E-state index contributed by atoms with van der Waals surface area (Å²) in [6, 6.07) is 3.77. The van der Waals surface area contributed by atoms with Crippen LogP contribution in [0.2, 0.25) is 0 Å². The van der Waals surface area contributed by atoms with E-state index in [2.05, 4.69) is 4.98 Å². The van der Waals surface area contributed by atoms with Gasteiger partial charge in [0.25, 0.3) is 5.91 Å². The van der Waals surface area contributed by atoms with E-state index in [-0.39, 0.29) is 19.6 Å². The van der Waals surface area contributed by atoms with Gasteiger partial charge in [-0.3, -0.25) is 4.79 Å². The third-order valence-corrected chi connectivity index (χ3v) is 6.60. The molecule has 3 heterocycles. The second kappa shape index (κ2) is 6.94. The smallest absolute Gasteiger partial charge is 0.393 e. The van der Waals surface area contributed by atoms with Crippen molar-refractivity contribution in [2.75, 3.05) is 19.7 Å². The van der Waals surface area contributed by atoms with Crippen LogP contribution in [0.25, 0.3) is 20.3 Å². The van der Waals surface area contributed by atoms with E-state index in [0.29, 0.717) is 18.7 Å². The first kappa shape index (κ1) is 18.5. The lowest BCUT2D eigenvalue weighted by molar-refractivity contribution is -0.188. The number of amides is 1. The predicted molar refractivity (Wildman–Crippen MR) is 101 cm³/mol. The first-order valence-corrected chi connectivity index (χ1v) is 10.3. The molecule has 1 aliphatic rings. The molecule has 27 heavy (non-hydrogen) atoms. The van der Waals surface area contributed by atoms with Crippen molar-refractivity contribution in [3.8, 4) is 5.75 Å². The molecular weight excluding hydrogens is 397 g/mol. The number of hydrogen-bond donors (Lipinski definition) is 0. The number of piperidine rings is 1. The minimum absolute atomic E-state index is 0.0745. The van der Waals surface area contributed by atoms with Gasteiger partial charge in [-0.1, -0.05) is 0 Å². The number of ether oxygens (including phenoxy) is 1. The Morgan fingerprint density at radius 2 is 2.26 bits per heavy atom. The molecule has 2 aromatic heterocycles. The number of nitrogens with zero attached hydrogens (tertiary/aromatic N) is 2. The van der Waals surface area contributed by atoms with Crippen molar-refractivity contribution in [3.63, 3.8) is 0 Å². The SMILES string of the molecule is Cc1nc2c(cc(OCC(=O)N3CCCC(C(F)(F)F)C3)c3ccsc32)s1. The zero-order chi connectivity index (χ0) is 19.2. The molecule has 3 aromatic rings. The maximum absolute atomic E-state index is 12.9. The van der Waals surface area contributed by atoms with Crippen molar-refractivity contribution < 1.29 is 22.7 Å². The molecule has 0 spiro atoms. The average Bonchev–Trinajstić information content (AvgIpc) is 3.24. The molecule has 1 aromatic carbocycles. The van der Waals surface area contributed by atoms with Crippen LogP contribution in [-0.2, 0) is 4.79 Å². The number of thiazole rings is 1. The van der Waals surface area contributed by atoms with Crippen LogP contribution in [0, 0.1) is 12.8 Å². The molecule has 1 aliphatic heterocycles. The molecule has 1 unspecified atom stereocenters. The summed E-state index contributed by atoms with van der Waals surface area (Å²) in [7, 11) is 0. The number of thiophene rings is 1. The van der Waals surface area contributed by atoms with E-state index in [1.165, 1.54) is 4.90 Å². The summed E-state index contributed by atoms with van der Waals surface area (Å²) in [6.45, 7) is 1.72. The highest BCUT2D eigenvalue weighted by atomic mass is 32.1. The largest absolute Gasteiger partial charge is 0.483 e. The second-order valence-electron chi connectivity index (χ2n) is 6.63. The van der Waals surface area contributed by atoms with Crippen molar-refractivity contribution in [3.05, 3.63) is 22.5 Å². The Kier molecular flexibility index (Phi) is 4.75. The van der Waals surface area contributed by atoms with Crippen LogP contribution in [0.3, 0.4) is 0 Å². The Balaban J connectivity index is 1.51. The second-order valence-corrected chi connectivity index (χ2v) is 8.78. The molecule has 0 radical (unpaired) electrons. The molecule has 9 heteroatoms. The topological polar surface area (TPSA) is 42.4 Å². The molecule has 1 amide bonds. The van der Waals surface area contributed by atoms with Gasteiger partial charge in [0.2, 0.25) is 0 Å². The van der Waals surface area contributed by atoms with E-state index in [1.54, 1.807) is 22.7 Å². The van der Waals surface area contributed by atoms with Crippen molar-refractivity contribution in [2.45, 2.75) is 25.9 Å². The van der Waals surface area contributed by atoms with Gasteiger partial charge in [-0.05, 0) is 31.2 Å². The van der Waals surface area contributed by atoms with Crippen LogP contribution in [0.15, 0.2) is 17.5 Å². The third kappa shape index (κ3) is 3.62. The van der Waals surface area contributed by atoms with Gasteiger partial charge < -0.3 is 9.64 Å². The summed E-state index contributed by atoms with van der Waals surface area (Å²) in [4.78, 5) is 18.2. The van der Waals surface area contributed by atoms with Crippen LogP contribution in [0.1, 0.15) is 17.8 Å². The Hall–Kier alpha value is -1.87. The fourth-order valence-electron chi connectivity index (χ4n) is 3.41. The number of aryl methyl sites for hydroxylation is 1. The van der Waals surface area contributed by atoms with Gasteiger partial charge in [0.1, 0.15) is 5.75 Å². The van der Waals surface area contributed by atoms with Gasteiger partial charge >= 0.3 is 6.18 Å². The lowest BCUT2D eigenvalue weighted by Crippen LogP contribution is -2.46. The fourth-order valence-corrected chi connectivity index (χ4v) is 5.24. The summed E-state index contributed by atoms with van der Waals surface area (Å²) >= 11 is 3.10. The molecule has 0 aliphatic carbocycles. The van der Waals surface area contributed by atoms with Crippen molar-refractivity contribution in [1.29, 1.82) is 0 Å². The molecule has 1 saturated heterocycles. The summed E-state index contributed by atoms with van der Waals surface area (Å²) in [5.74, 6) is -1.29. The average molecular weight is 414 g/mol. The fraction of sp³-hybridized carbons (Fsp3) is 0.444. The Morgan fingerprint density at radius 1 is 1.44 bits per heavy atom. The van der Waals surface area contributed by atoms with Gasteiger partial charge in [0.05, 0.1) is 25.8 Å². The van der Waals surface area contributed by atoms with Crippen LogP contribution in [-0.4, -0.2) is 41.7 Å². The minimum Gasteiger partial charge on any atom is -0.483 e. The first-order valence-electron chi connectivity index (χ1n) is 8.57. The van der Waals surface area contributed by atoms with Crippen molar-refractivity contribution in [1.82, 2.24) is 9.88 Å². The molecule has 0 N–H and O–H groups in total.